The number of para-hydroxylation sites is 1. The fourth-order valence-corrected chi connectivity index (χ4v) is 2.86. The number of hydrogen-bond acceptors (Lipinski definition) is 5. The second-order valence-electron chi connectivity index (χ2n) is 5.12. The van der Waals surface area contributed by atoms with Crippen LogP contribution < -0.4 is 10.1 Å². The monoisotopic (exact) mass is 339 g/mol. The lowest BCUT2D eigenvalue weighted by Crippen LogP contribution is -2.14. The third-order valence-corrected chi connectivity index (χ3v) is 4.15. The van der Waals surface area contributed by atoms with Crippen LogP contribution in [0.4, 0.5) is 5.13 Å². The first-order valence-corrected chi connectivity index (χ1v) is 8.45. The summed E-state index contributed by atoms with van der Waals surface area (Å²) in [4.78, 5) is 12.0. The van der Waals surface area contributed by atoms with Gasteiger partial charge in [0.1, 0.15) is 10.8 Å². The zero-order valence-corrected chi connectivity index (χ0v) is 13.8. The highest BCUT2D eigenvalue weighted by atomic mass is 32.1. The first kappa shape index (κ1) is 16.1. The van der Waals surface area contributed by atoms with Gasteiger partial charge in [-0.25, -0.2) is 0 Å². The van der Waals surface area contributed by atoms with Crippen LogP contribution in [0, 0.1) is 0 Å². The molecule has 1 N–H and O–H groups in total. The average Bonchev–Trinajstić information content (AvgIpc) is 3.04. The number of amides is 1. The van der Waals surface area contributed by atoms with E-state index in [1.54, 1.807) is 0 Å². The van der Waals surface area contributed by atoms with E-state index in [4.69, 9.17) is 4.74 Å². The molecule has 2 aromatic carbocycles. The zero-order valence-electron chi connectivity index (χ0n) is 13.0. The fraction of sp³-hybridized carbons (Fsp3) is 0.167. The van der Waals surface area contributed by atoms with E-state index in [2.05, 4.69) is 15.5 Å². The number of aromatic nitrogens is 2. The van der Waals surface area contributed by atoms with Crippen LogP contribution in [0.2, 0.25) is 0 Å². The first-order chi connectivity index (χ1) is 11.8. The van der Waals surface area contributed by atoms with E-state index in [9.17, 15) is 4.79 Å². The maximum absolute atomic E-state index is 12.0. The second-order valence-corrected chi connectivity index (χ2v) is 6.19. The lowest BCUT2D eigenvalue weighted by molar-refractivity contribution is -0.115. The SMILES string of the molecule is O=C(Cc1ccccc1)Nc1nnc(CCOc2ccccc2)s1. The Kier molecular flexibility index (Phi) is 5.52. The van der Waals surface area contributed by atoms with Crippen LogP contribution in [0.3, 0.4) is 0 Å². The summed E-state index contributed by atoms with van der Waals surface area (Å²) >= 11 is 1.37. The highest BCUT2D eigenvalue weighted by Gasteiger charge is 2.09. The van der Waals surface area contributed by atoms with Crippen molar-refractivity contribution in [3.8, 4) is 5.75 Å². The van der Waals surface area contributed by atoms with Gasteiger partial charge in [0.2, 0.25) is 11.0 Å². The summed E-state index contributed by atoms with van der Waals surface area (Å²) in [6.45, 7) is 0.524. The predicted molar refractivity (Wildman–Crippen MR) is 94.3 cm³/mol. The van der Waals surface area contributed by atoms with Gasteiger partial charge in [0.15, 0.2) is 0 Å². The summed E-state index contributed by atoms with van der Waals surface area (Å²) in [6, 6.07) is 19.2. The van der Waals surface area contributed by atoms with Gasteiger partial charge in [0, 0.05) is 6.42 Å². The van der Waals surface area contributed by atoms with E-state index in [0.29, 0.717) is 24.6 Å². The highest BCUT2D eigenvalue weighted by Crippen LogP contribution is 2.17. The molecule has 3 aromatic rings. The van der Waals surface area contributed by atoms with Crippen molar-refractivity contribution in [2.75, 3.05) is 11.9 Å². The number of benzene rings is 2. The van der Waals surface area contributed by atoms with Gasteiger partial charge < -0.3 is 10.1 Å². The Balaban J connectivity index is 1.46. The molecule has 1 aromatic heterocycles. The molecule has 1 amide bonds. The minimum atomic E-state index is -0.0931. The van der Waals surface area contributed by atoms with Gasteiger partial charge in [-0.3, -0.25) is 4.79 Å². The molecule has 0 saturated carbocycles. The largest absolute Gasteiger partial charge is 0.493 e. The Bertz CT molecular complexity index is 775. The minimum Gasteiger partial charge on any atom is -0.493 e. The summed E-state index contributed by atoms with van der Waals surface area (Å²) < 4.78 is 5.63. The standard InChI is InChI=1S/C18H17N3O2S/c22-16(13-14-7-3-1-4-8-14)19-18-21-20-17(24-18)11-12-23-15-9-5-2-6-10-15/h1-10H,11-13H2,(H,19,21,22). The molecule has 0 radical (unpaired) electrons. The predicted octanol–water partition coefficient (Wildman–Crippen LogP) is 3.34. The fourth-order valence-electron chi connectivity index (χ4n) is 2.12. The van der Waals surface area contributed by atoms with Crippen LogP contribution in [0.5, 0.6) is 5.75 Å². The van der Waals surface area contributed by atoms with E-state index in [1.807, 2.05) is 60.7 Å². The smallest absolute Gasteiger partial charge is 0.230 e. The minimum absolute atomic E-state index is 0.0931. The third-order valence-electron chi connectivity index (χ3n) is 3.25. The second kappa shape index (κ2) is 8.21. The van der Waals surface area contributed by atoms with E-state index >= 15 is 0 Å². The number of nitrogens with zero attached hydrogens (tertiary/aromatic N) is 2. The van der Waals surface area contributed by atoms with Crippen molar-refractivity contribution in [3.05, 3.63) is 71.2 Å². The van der Waals surface area contributed by atoms with Crippen LogP contribution in [0.25, 0.3) is 0 Å². The Morgan fingerprint density at radius 1 is 1.00 bits per heavy atom. The average molecular weight is 339 g/mol. The van der Waals surface area contributed by atoms with E-state index in [0.717, 1.165) is 16.3 Å². The van der Waals surface area contributed by atoms with Crippen molar-refractivity contribution >= 4 is 22.4 Å². The van der Waals surface area contributed by atoms with Gasteiger partial charge in [-0.1, -0.05) is 59.9 Å². The van der Waals surface area contributed by atoms with E-state index < -0.39 is 0 Å². The molecule has 0 atom stereocenters. The maximum atomic E-state index is 12.0. The van der Waals surface area contributed by atoms with Crippen molar-refractivity contribution in [2.45, 2.75) is 12.8 Å². The van der Waals surface area contributed by atoms with Crippen LogP contribution in [0.1, 0.15) is 10.6 Å². The van der Waals surface area contributed by atoms with Gasteiger partial charge in [0.05, 0.1) is 13.0 Å². The number of nitrogens with one attached hydrogen (secondary N) is 1. The van der Waals surface area contributed by atoms with Crippen LogP contribution >= 0.6 is 11.3 Å². The molecule has 0 bridgehead atoms. The molecule has 0 unspecified atom stereocenters. The molecule has 0 aliphatic heterocycles. The molecule has 0 aliphatic rings. The number of hydrogen-bond donors (Lipinski definition) is 1. The molecule has 0 fully saturated rings. The Hall–Kier alpha value is -2.73. The zero-order chi connectivity index (χ0) is 16.6. The molecule has 0 saturated heterocycles. The molecule has 122 valence electrons. The number of anilines is 1. The van der Waals surface area contributed by atoms with Gasteiger partial charge in [-0.15, -0.1) is 10.2 Å². The third kappa shape index (κ3) is 4.89. The summed E-state index contributed by atoms with van der Waals surface area (Å²) in [5, 5.41) is 12.2. The van der Waals surface area contributed by atoms with Crippen molar-refractivity contribution in [3.63, 3.8) is 0 Å². The van der Waals surface area contributed by atoms with Gasteiger partial charge in [-0.05, 0) is 17.7 Å². The van der Waals surface area contributed by atoms with E-state index in [-0.39, 0.29) is 5.91 Å². The quantitative estimate of drug-likeness (QED) is 0.717. The number of ether oxygens (including phenoxy) is 1. The molecule has 0 aliphatic carbocycles. The number of carbonyl (C=O) groups excluding carboxylic acids is 1. The number of rotatable bonds is 7. The van der Waals surface area contributed by atoms with E-state index in [1.165, 1.54) is 11.3 Å². The van der Waals surface area contributed by atoms with Crippen molar-refractivity contribution in [1.29, 1.82) is 0 Å². The Morgan fingerprint density at radius 2 is 1.71 bits per heavy atom. The van der Waals surface area contributed by atoms with Crippen molar-refractivity contribution < 1.29 is 9.53 Å². The lowest BCUT2D eigenvalue weighted by atomic mass is 10.1. The summed E-state index contributed by atoms with van der Waals surface area (Å²) in [5.41, 5.74) is 0.969. The van der Waals surface area contributed by atoms with Crippen LogP contribution in [-0.2, 0) is 17.6 Å². The number of carbonyl (C=O) groups is 1. The molecule has 5 nitrogen and oxygen atoms in total. The molecule has 3 rings (SSSR count). The molecule has 6 heteroatoms. The van der Waals surface area contributed by atoms with Crippen molar-refractivity contribution in [1.82, 2.24) is 10.2 Å². The molecule has 24 heavy (non-hydrogen) atoms. The topological polar surface area (TPSA) is 64.1 Å². The summed E-state index contributed by atoms with van der Waals surface area (Å²) in [6.07, 6.45) is 0.980. The van der Waals surface area contributed by atoms with Crippen LogP contribution in [-0.4, -0.2) is 22.7 Å². The van der Waals surface area contributed by atoms with Gasteiger partial charge in [-0.2, -0.15) is 0 Å². The summed E-state index contributed by atoms with van der Waals surface area (Å²) in [7, 11) is 0. The normalized spacial score (nSPS) is 10.3. The van der Waals surface area contributed by atoms with Crippen molar-refractivity contribution in [2.24, 2.45) is 0 Å². The molecule has 0 spiro atoms. The lowest BCUT2D eigenvalue weighted by Gasteiger charge is -2.03. The maximum Gasteiger partial charge on any atom is 0.230 e. The molecular weight excluding hydrogens is 322 g/mol. The summed E-state index contributed by atoms with van der Waals surface area (Å²) in [5.74, 6) is 0.739. The van der Waals surface area contributed by atoms with Crippen LogP contribution in [0.15, 0.2) is 60.7 Å². The van der Waals surface area contributed by atoms with Gasteiger partial charge >= 0.3 is 0 Å². The first-order valence-electron chi connectivity index (χ1n) is 7.63. The highest BCUT2D eigenvalue weighted by molar-refractivity contribution is 7.15. The van der Waals surface area contributed by atoms with Gasteiger partial charge in [0.25, 0.3) is 0 Å². The Morgan fingerprint density at radius 3 is 2.46 bits per heavy atom. The Labute approximate surface area is 144 Å². The molecule has 1 heterocycles. The molecular formula is C18H17N3O2S.